The quantitative estimate of drug-likeness (QED) is 0.833. The zero-order chi connectivity index (χ0) is 15.3. The average Bonchev–Trinajstić information content (AvgIpc) is 2.36. The highest BCUT2D eigenvalue weighted by Gasteiger charge is 2.21. The summed E-state index contributed by atoms with van der Waals surface area (Å²) in [6.07, 6.45) is 0.981. The minimum atomic E-state index is -0.605. The van der Waals surface area contributed by atoms with Crippen molar-refractivity contribution in [3.8, 4) is 0 Å². The summed E-state index contributed by atoms with van der Waals surface area (Å²) in [6.45, 7) is 9.47. The molecule has 0 fully saturated rings. The molecule has 1 aromatic carbocycles. The molecule has 1 unspecified atom stereocenters. The van der Waals surface area contributed by atoms with Crippen LogP contribution in [-0.2, 0) is 16.0 Å². The van der Waals surface area contributed by atoms with Crippen molar-refractivity contribution in [2.24, 2.45) is 0 Å². The highest BCUT2D eigenvalue weighted by atomic mass is 16.2. The van der Waals surface area contributed by atoms with Crippen LogP contribution >= 0.6 is 0 Å². The normalized spacial score (nSPS) is 12.7. The van der Waals surface area contributed by atoms with Crippen molar-refractivity contribution in [3.63, 3.8) is 0 Å². The van der Waals surface area contributed by atoms with Crippen molar-refractivity contribution in [1.29, 1.82) is 0 Å². The summed E-state index contributed by atoms with van der Waals surface area (Å²) in [4.78, 5) is 23.5. The zero-order valence-electron chi connectivity index (χ0n) is 12.9. The molecule has 0 aliphatic carbocycles. The number of hydrogen-bond donors (Lipinski definition) is 2. The Bertz CT molecular complexity index is 472. The van der Waals surface area contributed by atoms with Gasteiger partial charge in [-0.3, -0.25) is 9.59 Å². The first-order valence-corrected chi connectivity index (χ1v) is 6.94. The molecule has 4 nitrogen and oxygen atoms in total. The molecule has 110 valence electrons. The molecule has 2 amide bonds. The zero-order valence-corrected chi connectivity index (χ0v) is 12.9. The van der Waals surface area contributed by atoms with Crippen molar-refractivity contribution in [2.45, 2.75) is 52.6 Å². The Hall–Kier alpha value is -1.84. The van der Waals surface area contributed by atoms with Gasteiger partial charge in [-0.25, -0.2) is 0 Å². The van der Waals surface area contributed by atoms with Gasteiger partial charge in [0.1, 0.15) is 0 Å². The van der Waals surface area contributed by atoms with Gasteiger partial charge in [-0.15, -0.1) is 0 Å². The number of aryl methyl sites for hydroxylation is 1. The summed E-state index contributed by atoms with van der Waals surface area (Å²) in [5.74, 6) is -1.21. The molecule has 2 N–H and O–H groups in total. The molecule has 0 aromatic heterocycles. The number of carbonyl (C=O) groups is 2. The van der Waals surface area contributed by atoms with Crippen LogP contribution in [0.4, 0.5) is 0 Å². The lowest BCUT2D eigenvalue weighted by Crippen LogP contribution is -2.48. The second-order valence-electron chi connectivity index (χ2n) is 5.99. The van der Waals surface area contributed by atoms with Crippen molar-refractivity contribution in [2.75, 3.05) is 0 Å². The van der Waals surface area contributed by atoms with Crippen LogP contribution in [0.3, 0.4) is 0 Å². The van der Waals surface area contributed by atoms with E-state index in [9.17, 15) is 9.59 Å². The van der Waals surface area contributed by atoms with Gasteiger partial charge in [0, 0.05) is 5.54 Å². The molecule has 1 rings (SSSR count). The fourth-order valence-corrected chi connectivity index (χ4v) is 1.78. The van der Waals surface area contributed by atoms with Crippen molar-refractivity contribution in [1.82, 2.24) is 10.6 Å². The molecule has 0 radical (unpaired) electrons. The second kappa shape index (κ2) is 6.55. The van der Waals surface area contributed by atoms with E-state index in [1.807, 2.05) is 52.0 Å². The molecule has 1 atom stereocenters. The summed E-state index contributed by atoms with van der Waals surface area (Å²) in [5.41, 5.74) is 1.82. The minimum Gasteiger partial charge on any atom is -0.343 e. The molecule has 0 heterocycles. The van der Waals surface area contributed by atoms with E-state index in [0.717, 1.165) is 12.0 Å². The van der Waals surface area contributed by atoms with E-state index < -0.39 is 17.4 Å². The van der Waals surface area contributed by atoms with Gasteiger partial charge in [-0.1, -0.05) is 31.2 Å². The van der Waals surface area contributed by atoms with Gasteiger partial charge in [0.2, 0.25) is 0 Å². The van der Waals surface area contributed by atoms with Crippen LogP contribution in [0.1, 0.15) is 51.8 Å². The maximum Gasteiger partial charge on any atom is 0.309 e. The molecule has 0 spiro atoms. The molecule has 0 saturated carbocycles. The third-order valence-electron chi connectivity index (χ3n) is 2.93. The first-order chi connectivity index (χ1) is 9.23. The highest BCUT2D eigenvalue weighted by molar-refractivity contribution is 6.35. The summed E-state index contributed by atoms with van der Waals surface area (Å²) in [6, 6.07) is 7.83. The lowest BCUT2D eigenvalue weighted by atomic mass is 10.0. The number of rotatable bonds is 3. The maximum atomic E-state index is 11.8. The highest BCUT2D eigenvalue weighted by Crippen LogP contribution is 2.13. The molecule has 4 heteroatoms. The number of amides is 2. The van der Waals surface area contributed by atoms with Crippen molar-refractivity contribution < 1.29 is 9.59 Å². The Morgan fingerprint density at radius 2 is 1.65 bits per heavy atom. The Kier molecular flexibility index (Phi) is 5.31. The van der Waals surface area contributed by atoms with E-state index in [2.05, 4.69) is 17.6 Å². The van der Waals surface area contributed by atoms with E-state index in [-0.39, 0.29) is 6.04 Å². The molecular formula is C16H24N2O2. The predicted molar refractivity (Wildman–Crippen MR) is 80.3 cm³/mol. The first kappa shape index (κ1) is 16.2. The monoisotopic (exact) mass is 276 g/mol. The summed E-state index contributed by atoms with van der Waals surface area (Å²) < 4.78 is 0. The Labute approximate surface area is 121 Å². The topological polar surface area (TPSA) is 58.2 Å². The van der Waals surface area contributed by atoms with Crippen molar-refractivity contribution >= 4 is 11.8 Å². The maximum absolute atomic E-state index is 11.8. The van der Waals surface area contributed by atoms with Gasteiger partial charge in [0.15, 0.2) is 0 Å². The third-order valence-corrected chi connectivity index (χ3v) is 2.93. The Morgan fingerprint density at radius 1 is 1.10 bits per heavy atom. The molecule has 0 aliphatic heterocycles. The van der Waals surface area contributed by atoms with E-state index in [1.54, 1.807) is 0 Å². The smallest absolute Gasteiger partial charge is 0.309 e. The second-order valence-corrected chi connectivity index (χ2v) is 5.99. The van der Waals surface area contributed by atoms with Gasteiger partial charge in [0.05, 0.1) is 6.04 Å². The number of carbonyl (C=O) groups excluding carboxylic acids is 2. The molecule has 0 bridgehead atoms. The van der Waals surface area contributed by atoms with Gasteiger partial charge >= 0.3 is 11.8 Å². The van der Waals surface area contributed by atoms with Gasteiger partial charge in [0.25, 0.3) is 0 Å². The van der Waals surface area contributed by atoms with E-state index in [1.165, 1.54) is 5.56 Å². The van der Waals surface area contributed by atoms with E-state index in [0.29, 0.717) is 0 Å². The van der Waals surface area contributed by atoms with Crippen LogP contribution in [0.2, 0.25) is 0 Å². The van der Waals surface area contributed by atoms with Gasteiger partial charge in [-0.2, -0.15) is 0 Å². The number of benzene rings is 1. The Balaban J connectivity index is 2.62. The standard InChI is InChI=1S/C16H24N2O2/c1-6-12-7-9-13(10-8-12)11(2)17-14(19)15(20)18-16(3,4)5/h7-11H,6H2,1-5H3,(H,17,19)(H,18,20). The van der Waals surface area contributed by atoms with Gasteiger partial charge in [-0.05, 0) is 45.2 Å². The fraction of sp³-hybridized carbons (Fsp3) is 0.500. The lowest BCUT2D eigenvalue weighted by molar-refractivity contribution is -0.140. The summed E-state index contributed by atoms with van der Waals surface area (Å²) in [7, 11) is 0. The molecule has 1 aromatic rings. The van der Waals surface area contributed by atoms with Gasteiger partial charge < -0.3 is 10.6 Å². The van der Waals surface area contributed by atoms with Crippen LogP contribution < -0.4 is 10.6 Å². The predicted octanol–water partition coefficient (Wildman–Crippen LogP) is 2.34. The van der Waals surface area contributed by atoms with Crippen LogP contribution in [-0.4, -0.2) is 17.4 Å². The molecular weight excluding hydrogens is 252 g/mol. The lowest BCUT2D eigenvalue weighted by Gasteiger charge is -2.21. The first-order valence-electron chi connectivity index (χ1n) is 6.94. The average molecular weight is 276 g/mol. The van der Waals surface area contributed by atoms with E-state index >= 15 is 0 Å². The Morgan fingerprint density at radius 3 is 2.10 bits per heavy atom. The van der Waals surface area contributed by atoms with Crippen LogP contribution in [0.15, 0.2) is 24.3 Å². The molecule has 0 aliphatic rings. The third kappa shape index (κ3) is 5.03. The minimum absolute atomic E-state index is 0.195. The SMILES string of the molecule is CCc1ccc(C(C)NC(=O)C(=O)NC(C)(C)C)cc1. The van der Waals surface area contributed by atoms with Crippen molar-refractivity contribution in [3.05, 3.63) is 35.4 Å². The summed E-state index contributed by atoms with van der Waals surface area (Å²) in [5, 5.41) is 5.35. The largest absolute Gasteiger partial charge is 0.343 e. The number of nitrogens with one attached hydrogen (secondary N) is 2. The van der Waals surface area contributed by atoms with Crippen LogP contribution in [0, 0.1) is 0 Å². The molecule has 0 saturated heterocycles. The van der Waals surface area contributed by atoms with Crippen LogP contribution in [0.25, 0.3) is 0 Å². The summed E-state index contributed by atoms with van der Waals surface area (Å²) >= 11 is 0. The fourth-order valence-electron chi connectivity index (χ4n) is 1.78. The number of hydrogen-bond acceptors (Lipinski definition) is 2. The van der Waals surface area contributed by atoms with E-state index in [4.69, 9.17) is 0 Å². The van der Waals surface area contributed by atoms with Crippen LogP contribution in [0.5, 0.6) is 0 Å². The molecule has 20 heavy (non-hydrogen) atoms.